The van der Waals surface area contributed by atoms with E-state index in [0.29, 0.717) is 12.8 Å². The number of carbonyl (C=O) groups is 2. The summed E-state index contributed by atoms with van der Waals surface area (Å²) in [6.07, 6.45) is 3.01. The average Bonchev–Trinajstić information content (AvgIpc) is 3.19. The van der Waals surface area contributed by atoms with Gasteiger partial charge in [0.25, 0.3) is 0 Å². The van der Waals surface area contributed by atoms with Crippen molar-refractivity contribution in [2.75, 3.05) is 17.2 Å². The Morgan fingerprint density at radius 1 is 1.04 bits per heavy atom. The summed E-state index contributed by atoms with van der Waals surface area (Å²) in [5.41, 5.74) is 3.49. The van der Waals surface area contributed by atoms with Crippen LogP contribution in [0.25, 0.3) is 0 Å². The molecule has 1 saturated heterocycles. The Morgan fingerprint density at radius 3 is 2.46 bits per heavy atom. The van der Waals surface area contributed by atoms with Crippen LogP contribution in [-0.2, 0) is 16.0 Å². The van der Waals surface area contributed by atoms with Gasteiger partial charge in [-0.05, 0) is 56.0 Å². The minimum absolute atomic E-state index is 0.0156. The van der Waals surface area contributed by atoms with Crippen molar-refractivity contribution >= 4 is 23.2 Å². The molecular formula is C21H25N3O2. The number of nitrogens with one attached hydrogen (secondary N) is 3. The maximum absolute atomic E-state index is 12.3. The second kappa shape index (κ2) is 8.63. The number of hydrogen-bond donors (Lipinski definition) is 3. The van der Waals surface area contributed by atoms with Gasteiger partial charge in [0.1, 0.15) is 0 Å². The highest BCUT2D eigenvalue weighted by Gasteiger charge is 2.22. The molecule has 0 radical (unpaired) electrons. The Bertz CT molecular complexity index is 768. The number of amides is 2. The van der Waals surface area contributed by atoms with Gasteiger partial charge in [0.2, 0.25) is 11.8 Å². The van der Waals surface area contributed by atoms with Crippen LogP contribution in [0.15, 0.2) is 48.5 Å². The van der Waals surface area contributed by atoms with Crippen LogP contribution in [0.4, 0.5) is 11.4 Å². The molecule has 3 N–H and O–H groups in total. The summed E-state index contributed by atoms with van der Waals surface area (Å²) < 4.78 is 0. The molecule has 1 heterocycles. The van der Waals surface area contributed by atoms with Crippen LogP contribution >= 0.6 is 0 Å². The fourth-order valence-electron chi connectivity index (χ4n) is 3.15. The fourth-order valence-corrected chi connectivity index (χ4v) is 3.15. The molecular weight excluding hydrogens is 326 g/mol. The lowest BCUT2D eigenvalue weighted by atomic mass is 10.1. The first-order chi connectivity index (χ1) is 12.6. The highest BCUT2D eigenvalue weighted by Crippen LogP contribution is 2.24. The van der Waals surface area contributed by atoms with E-state index in [4.69, 9.17) is 0 Å². The summed E-state index contributed by atoms with van der Waals surface area (Å²) in [6, 6.07) is 15.4. The van der Waals surface area contributed by atoms with Crippen molar-refractivity contribution in [2.24, 2.45) is 0 Å². The normalized spacial score (nSPS) is 16.3. The second-order valence-corrected chi connectivity index (χ2v) is 6.65. The first-order valence-electron chi connectivity index (χ1n) is 9.11. The molecule has 2 aromatic rings. The quantitative estimate of drug-likeness (QED) is 0.748. The minimum Gasteiger partial charge on any atom is -0.326 e. The van der Waals surface area contributed by atoms with Gasteiger partial charge >= 0.3 is 0 Å². The second-order valence-electron chi connectivity index (χ2n) is 6.65. The molecule has 1 fully saturated rings. The zero-order valence-corrected chi connectivity index (χ0v) is 15.0. The third kappa shape index (κ3) is 4.70. The fraction of sp³-hybridized carbons (Fsp3) is 0.333. The zero-order chi connectivity index (χ0) is 18.4. The van der Waals surface area contributed by atoms with Gasteiger partial charge in [-0.15, -0.1) is 0 Å². The lowest BCUT2D eigenvalue weighted by Gasteiger charge is -2.16. The Balaban J connectivity index is 1.59. The van der Waals surface area contributed by atoms with E-state index in [1.54, 1.807) is 0 Å². The van der Waals surface area contributed by atoms with E-state index >= 15 is 0 Å². The number of benzene rings is 2. The number of anilines is 2. The predicted molar refractivity (Wildman–Crippen MR) is 104 cm³/mol. The van der Waals surface area contributed by atoms with E-state index in [0.717, 1.165) is 41.9 Å². The molecule has 0 unspecified atom stereocenters. The number of rotatable bonds is 6. The standard InChI is InChI=1S/C21H25N3O2/c1-15-17(23-20(25)13-12-16-7-3-2-4-8-16)9-5-10-18(15)24-21(26)19-11-6-14-22-19/h2-5,7-10,19,22H,6,11-14H2,1H3,(H,23,25)(H,24,26)/t19-/m0/s1. The van der Waals surface area contributed by atoms with Crippen molar-refractivity contribution in [3.05, 3.63) is 59.7 Å². The maximum Gasteiger partial charge on any atom is 0.241 e. The topological polar surface area (TPSA) is 70.2 Å². The third-order valence-electron chi connectivity index (χ3n) is 4.73. The van der Waals surface area contributed by atoms with Crippen molar-refractivity contribution in [2.45, 2.75) is 38.6 Å². The summed E-state index contributed by atoms with van der Waals surface area (Å²) in [5.74, 6) is -0.0453. The van der Waals surface area contributed by atoms with Crippen LogP contribution in [0.3, 0.4) is 0 Å². The molecule has 1 aliphatic heterocycles. The van der Waals surface area contributed by atoms with E-state index in [1.165, 1.54) is 0 Å². The average molecular weight is 351 g/mol. The van der Waals surface area contributed by atoms with Crippen LogP contribution < -0.4 is 16.0 Å². The van der Waals surface area contributed by atoms with Crippen LogP contribution in [0.2, 0.25) is 0 Å². The van der Waals surface area contributed by atoms with Crippen LogP contribution in [-0.4, -0.2) is 24.4 Å². The monoisotopic (exact) mass is 351 g/mol. The molecule has 2 aromatic carbocycles. The summed E-state index contributed by atoms with van der Waals surface area (Å²) in [5, 5.41) is 9.12. The van der Waals surface area contributed by atoms with Gasteiger partial charge in [0, 0.05) is 17.8 Å². The molecule has 0 bridgehead atoms. The molecule has 0 aliphatic carbocycles. The molecule has 2 amide bonds. The first-order valence-corrected chi connectivity index (χ1v) is 9.11. The SMILES string of the molecule is Cc1c(NC(=O)CCc2ccccc2)cccc1NC(=O)[C@@H]1CCCN1. The van der Waals surface area contributed by atoms with E-state index < -0.39 is 0 Å². The Morgan fingerprint density at radius 2 is 1.77 bits per heavy atom. The van der Waals surface area contributed by atoms with Crippen molar-refractivity contribution in [1.29, 1.82) is 0 Å². The summed E-state index contributed by atoms with van der Waals surface area (Å²) >= 11 is 0. The minimum atomic E-state index is -0.126. The Kier molecular flexibility index (Phi) is 6.02. The largest absolute Gasteiger partial charge is 0.326 e. The van der Waals surface area contributed by atoms with E-state index in [1.807, 2.05) is 55.5 Å². The molecule has 0 spiro atoms. The van der Waals surface area contributed by atoms with Gasteiger partial charge in [-0.25, -0.2) is 0 Å². The number of hydrogen-bond acceptors (Lipinski definition) is 3. The molecule has 1 aliphatic rings. The maximum atomic E-state index is 12.3. The van der Waals surface area contributed by atoms with Gasteiger partial charge in [-0.3, -0.25) is 9.59 Å². The van der Waals surface area contributed by atoms with Gasteiger partial charge in [0.15, 0.2) is 0 Å². The van der Waals surface area contributed by atoms with Crippen LogP contribution in [0.5, 0.6) is 0 Å². The highest BCUT2D eigenvalue weighted by molar-refractivity contribution is 5.98. The highest BCUT2D eigenvalue weighted by atomic mass is 16.2. The Labute approximate surface area is 154 Å². The summed E-state index contributed by atoms with van der Waals surface area (Å²) in [7, 11) is 0. The van der Waals surface area contributed by atoms with Gasteiger partial charge < -0.3 is 16.0 Å². The molecule has 0 saturated carbocycles. The van der Waals surface area contributed by atoms with Crippen LogP contribution in [0.1, 0.15) is 30.4 Å². The van der Waals surface area contributed by atoms with E-state index in [9.17, 15) is 9.59 Å². The first kappa shape index (κ1) is 18.1. The smallest absolute Gasteiger partial charge is 0.241 e. The van der Waals surface area contributed by atoms with Crippen molar-refractivity contribution in [1.82, 2.24) is 5.32 Å². The molecule has 26 heavy (non-hydrogen) atoms. The molecule has 5 nitrogen and oxygen atoms in total. The van der Waals surface area contributed by atoms with Crippen molar-refractivity contribution in [3.8, 4) is 0 Å². The van der Waals surface area contributed by atoms with E-state index in [2.05, 4.69) is 16.0 Å². The van der Waals surface area contributed by atoms with Crippen molar-refractivity contribution in [3.63, 3.8) is 0 Å². The van der Waals surface area contributed by atoms with Gasteiger partial charge in [-0.2, -0.15) is 0 Å². The number of carbonyl (C=O) groups excluding carboxylic acids is 2. The molecule has 1 atom stereocenters. The van der Waals surface area contributed by atoms with Crippen molar-refractivity contribution < 1.29 is 9.59 Å². The molecule has 5 heteroatoms. The molecule has 136 valence electrons. The van der Waals surface area contributed by atoms with E-state index in [-0.39, 0.29) is 17.9 Å². The predicted octanol–water partition coefficient (Wildman–Crippen LogP) is 3.26. The van der Waals surface area contributed by atoms with Gasteiger partial charge in [-0.1, -0.05) is 36.4 Å². The molecule has 0 aromatic heterocycles. The van der Waals surface area contributed by atoms with Crippen LogP contribution in [0, 0.1) is 6.92 Å². The molecule has 3 rings (SSSR count). The summed E-state index contributed by atoms with van der Waals surface area (Å²) in [6.45, 7) is 2.79. The number of aryl methyl sites for hydroxylation is 1. The van der Waals surface area contributed by atoms with Gasteiger partial charge in [0.05, 0.1) is 6.04 Å². The zero-order valence-electron chi connectivity index (χ0n) is 15.0. The third-order valence-corrected chi connectivity index (χ3v) is 4.73. The lowest BCUT2D eigenvalue weighted by molar-refractivity contribution is -0.118. The lowest BCUT2D eigenvalue weighted by Crippen LogP contribution is -2.35. The summed E-state index contributed by atoms with van der Waals surface area (Å²) in [4.78, 5) is 24.6. The Hall–Kier alpha value is -2.66.